The van der Waals surface area contributed by atoms with E-state index in [1.165, 1.54) is 6.07 Å². The normalized spacial score (nSPS) is 13.3. The number of halogens is 2. The highest BCUT2D eigenvalue weighted by Gasteiger charge is 2.16. The van der Waals surface area contributed by atoms with Crippen LogP contribution >= 0.6 is 24.0 Å². The fourth-order valence-electron chi connectivity index (χ4n) is 2.84. The SMILES string of the molecule is CCNC(=NCc1nnc2n1CCC2)NCCc1cccc(F)c1.I. The van der Waals surface area contributed by atoms with Gasteiger partial charge in [0, 0.05) is 26.1 Å². The maximum Gasteiger partial charge on any atom is 0.191 e. The van der Waals surface area contributed by atoms with Gasteiger partial charge >= 0.3 is 0 Å². The third-order valence-corrected chi connectivity index (χ3v) is 4.00. The Kier molecular flexibility index (Phi) is 7.60. The first kappa shape index (κ1) is 19.6. The quantitative estimate of drug-likeness (QED) is 0.396. The van der Waals surface area contributed by atoms with Gasteiger partial charge in [-0.05, 0) is 37.5 Å². The number of benzene rings is 1. The van der Waals surface area contributed by atoms with Crippen molar-refractivity contribution in [1.29, 1.82) is 0 Å². The number of nitrogens with zero attached hydrogens (tertiary/aromatic N) is 4. The van der Waals surface area contributed by atoms with E-state index in [1.807, 2.05) is 13.0 Å². The Morgan fingerprint density at radius 1 is 1.32 bits per heavy atom. The summed E-state index contributed by atoms with van der Waals surface area (Å²) in [6.07, 6.45) is 2.87. The van der Waals surface area contributed by atoms with Crippen LogP contribution in [0, 0.1) is 5.82 Å². The van der Waals surface area contributed by atoms with Crippen LogP contribution in [0.4, 0.5) is 4.39 Å². The lowest BCUT2D eigenvalue weighted by atomic mass is 10.1. The number of aryl methyl sites for hydroxylation is 1. The molecule has 2 aromatic rings. The van der Waals surface area contributed by atoms with E-state index in [0.29, 0.717) is 13.1 Å². The molecule has 0 bridgehead atoms. The fraction of sp³-hybridized carbons (Fsp3) is 0.471. The van der Waals surface area contributed by atoms with Crippen LogP contribution < -0.4 is 10.6 Å². The molecule has 1 aromatic heterocycles. The van der Waals surface area contributed by atoms with E-state index in [0.717, 1.165) is 55.5 Å². The van der Waals surface area contributed by atoms with Gasteiger partial charge in [-0.25, -0.2) is 9.38 Å². The van der Waals surface area contributed by atoms with Crippen molar-refractivity contribution in [3.8, 4) is 0 Å². The predicted molar refractivity (Wildman–Crippen MR) is 107 cm³/mol. The number of hydrogen-bond acceptors (Lipinski definition) is 3. The maximum absolute atomic E-state index is 13.2. The topological polar surface area (TPSA) is 67.1 Å². The van der Waals surface area contributed by atoms with Gasteiger partial charge in [0.15, 0.2) is 11.8 Å². The Balaban J connectivity index is 0.00000225. The lowest BCUT2D eigenvalue weighted by molar-refractivity contribution is 0.625. The summed E-state index contributed by atoms with van der Waals surface area (Å²) in [5.74, 6) is 2.51. The van der Waals surface area contributed by atoms with Crippen molar-refractivity contribution >= 4 is 29.9 Å². The minimum Gasteiger partial charge on any atom is -0.357 e. The van der Waals surface area contributed by atoms with Crippen molar-refractivity contribution in [1.82, 2.24) is 25.4 Å². The first-order valence-corrected chi connectivity index (χ1v) is 8.44. The van der Waals surface area contributed by atoms with Crippen molar-refractivity contribution < 1.29 is 4.39 Å². The number of guanidine groups is 1. The summed E-state index contributed by atoms with van der Waals surface area (Å²) in [5.41, 5.74) is 0.966. The molecule has 2 N–H and O–H groups in total. The molecule has 0 fully saturated rings. The molecular formula is C17H24FIN6. The van der Waals surface area contributed by atoms with Crippen LogP contribution in [-0.2, 0) is 25.9 Å². The molecule has 25 heavy (non-hydrogen) atoms. The van der Waals surface area contributed by atoms with E-state index in [9.17, 15) is 4.39 Å². The van der Waals surface area contributed by atoms with Crippen molar-refractivity contribution in [3.63, 3.8) is 0 Å². The third-order valence-electron chi connectivity index (χ3n) is 4.00. The van der Waals surface area contributed by atoms with Gasteiger partial charge in [-0.3, -0.25) is 0 Å². The zero-order chi connectivity index (χ0) is 16.8. The number of rotatable bonds is 6. The average molecular weight is 458 g/mol. The highest BCUT2D eigenvalue weighted by molar-refractivity contribution is 14.0. The van der Waals surface area contributed by atoms with Crippen molar-refractivity contribution in [2.24, 2.45) is 4.99 Å². The first-order valence-electron chi connectivity index (χ1n) is 8.44. The maximum atomic E-state index is 13.2. The van der Waals surface area contributed by atoms with Gasteiger partial charge in [0.1, 0.15) is 18.2 Å². The fourth-order valence-corrected chi connectivity index (χ4v) is 2.84. The molecule has 0 aliphatic carbocycles. The Hall–Kier alpha value is -1.71. The van der Waals surface area contributed by atoms with Crippen molar-refractivity contribution in [2.45, 2.75) is 39.3 Å². The summed E-state index contributed by atoms with van der Waals surface area (Å²) >= 11 is 0. The van der Waals surface area contributed by atoms with Gasteiger partial charge in [-0.15, -0.1) is 34.2 Å². The minimum absolute atomic E-state index is 0. The van der Waals surface area contributed by atoms with Crippen LogP contribution in [0.3, 0.4) is 0 Å². The van der Waals surface area contributed by atoms with Gasteiger partial charge in [0.2, 0.25) is 0 Å². The molecule has 0 radical (unpaired) electrons. The standard InChI is InChI=1S/C17H23FN6.HI/c1-2-19-17(20-9-8-13-5-3-6-14(18)11-13)21-12-16-23-22-15-7-4-10-24(15)16;/h3,5-6,11H,2,4,7-10,12H2,1H3,(H2,19,20,21);1H. The number of nitrogens with one attached hydrogen (secondary N) is 2. The number of aliphatic imine (C=N–C) groups is 1. The van der Waals surface area contributed by atoms with Crippen LogP contribution in [0.5, 0.6) is 0 Å². The van der Waals surface area contributed by atoms with Gasteiger partial charge in [-0.1, -0.05) is 12.1 Å². The molecular weight excluding hydrogens is 434 g/mol. The molecule has 0 saturated carbocycles. The summed E-state index contributed by atoms with van der Waals surface area (Å²) in [5, 5.41) is 14.9. The van der Waals surface area contributed by atoms with Crippen LogP contribution in [0.2, 0.25) is 0 Å². The van der Waals surface area contributed by atoms with E-state index >= 15 is 0 Å². The average Bonchev–Trinajstić information content (AvgIpc) is 3.16. The summed E-state index contributed by atoms with van der Waals surface area (Å²) in [6, 6.07) is 6.68. The van der Waals surface area contributed by atoms with Crippen LogP contribution in [0.1, 0.15) is 30.6 Å². The van der Waals surface area contributed by atoms with Gasteiger partial charge in [-0.2, -0.15) is 0 Å². The Bertz CT molecular complexity index is 715. The Morgan fingerprint density at radius 3 is 3.00 bits per heavy atom. The molecule has 0 atom stereocenters. The highest BCUT2D eigenvalue weighted by Crippen LogP contribution is 2.14. The van der Waals surface area contributed by atoms with E-state index in [4.69, 9.17) is 0 Å². The molecule has 0 amide bonds. The molecule has 0 saturated heterocycles. The second-order valence-corrected chi connectivity index (χ2v) is 5.79. The van der Waals surface area contributed by atoms with Gasteiger partial charge in [0.05, 0.1) is 0 Å². The highest BCUT2D eigenvalue weighted by atomic mass is 127. The Morgan fingerprint density at radius 2 is 2.20 bits per heavy atom. The van der Waals surface area contributed by atoms with Crippen LogP contribution in [0.15, 0.2) is 29.3 Å². The summed E-state index contributed by atoms with van der Waals surface area (Å²) < 4.78 is 15.3. The van der Waals surface area contributed by atoms with E-state index in [2.05, 4.69) is 30.4 Å². The second kappa shape index (κ2) is 9.69. The Labute approximate surface area is 164 Å². The zero-order valence-corrected chi connectivity index (χ0v) is 16.7. The van der Waals surface area contributed by atoms with Crippen LogP contribution in [0.25, 0.3) is 0 Å². The molecule has 0 spiro atoms. The molecule has 1 aliphatic rings. The molecule has 1 aromatic carbocycles. The lowest BCUT2D eigenvalue weighted by Crippen LogP contribution is -2.38. The zero-order valence-electron chi connectivity index (χ0n) is 14.3. The van der Waals surface area contributed by atoms with Crippen molar-refractivity contribution in [2.75, 3.05) is 13.1 Å². The summed E-state index contributed by atoms with van der Waals surface area (Å²) in [7, 11) is 0. The van der Waals surface area contributed by atoms with Crippen molar-refractivity contribution in [3.05, 3.63) is 47.3 Å². The van der Waals surface area contributed by atoms with Gasteiger partial charge in [0.25, 0.3) is 0 Å². The van der Waals surface area contributed by atoms with Crippen LogP contribution in [-0.4, -0.2) is 33.8 Å². The number of hydrogen-bond donors (Lipinski definition) is 2. The van der Waals surface area contributed by atoms with E-state index < -0.39 is 0 Å². The molecule has 1 aliphatic heterocycles. The number of aromatic nitrogens is 3. The molecule has 2 heterocycles. The third kappa shape index (κ3) is 5.38. The molecule has 3 rings (SSSR count). The lowest BCUT2D eigenvalue weighted by Gasteiger charge is -2.11. The monoisotopic (exact) mass is 458 g/mol. The smallest absolute Gasteiger partial charge is 0.191 e. The summed E-state index contributed by atoms with van der Waals surface area (Å²) in [6.45, 7) is 4.98. The van der Waals surface area contributed by atoms with E-state index in [1.54, 1.807) is 12.1 Å². The van der Waals surface area contributed by atoms with Gasteiger partial charge < -0.3 is 15.2 Å². The number of fused-ring (bicyclic) bond motifs is 1. The minimum atomic E-state index is -0.200. The molecule has 8 heteroatoms. The summed E-state index contributed by atoms with van der Waals surface area (Å²) in [4.78, 5) is 4.58. The molecule has 6 nitrogen and oxygen atoms in total. The molecule has 136 valence electrons. The molecule has 0 unspecified atom stereocenters. The second-order valence-electron chi connectivity index (χ2n) is 5.79. The van der Waals surface area contributed by atoms with E-state index in [-0.39, 0.29) is 29.8 Å². The first-order chi connectivity index (χ1) is 11.8. The predicted octanol–water partition coefficient (Wildman–Crippen LogP) is 2.28. The largest absolute Gasteiger partial charge is 0.357 e.